The molecule has 0 aliphatic heterocycles. The van der Waals surface area contributed by atoms with E-state index >= 15 is 0 Å². The van der Waals surface area contributed by atoms with E-state index in [9.17, 15) is 5.11 Å². The predicted molar refractivity (Wildman–Crippen MR) is 138 cm³/mol. The first-order valence-electron chi connectivity index (χ1n) is 11.8. The van der Waals surface area contributed by atoms with E-state index in [4.69, 9.17) is 14.5 Å². The van der Waals surface area contributed by atoms with Crippen LogP contribution in [0.25, 0.3) is 22.3 Å². The lowest BCUT2D eigenvalue weighted by molar-refractivity contribution is -0.726. The van der Waals surface area contributed by atoms with Crippen molar-refractivity contribution in [3.8, 4) is 22.8 Å². The molecule has 11 heteroatoms. The summed E-state index contributed by atoms with van der Waals surface area (Å²) in [7, 11) is 5.14. The van der Waals surface area contributed by atoms with Crippen LogP contribution in [0, 0.1) is 6.92 Å². The van der Waals surface area contributed by atoms with Crippen LogP contribution in [-0.2, 0) is 13.6 Å². The molecule has 1 atom stereocenters. The molecule has 11 nitrogen and oxygen atoms in total. The second-order valence-electron chi connectivity index (χ2n) is 8.72. The molecule has 3 aromatic heterocycles. The lowest BCUT2D eigenvalue weighted by Crippen LogP contribution is -2.32. The third kappa shape index (κ3) is 5.21. The fourth-order valence-corrected chi connectivity index (χ4v) is 4.18. The number of H-pyrrole nitrogens is 1. The second kappa shape index (κ2) is 10.2. The molecule has 0 aliphatic rings. The monoisotopic (exact) mass is 501 g/mol. The van der Waals surface area contributed by atoms with E-state index in [1.807, 2.05) is 72.3 Å². The highest BCUT2D eigenvalue weighted by atomic mass is 16.5. The predicted octanol–water partition coefficient (Wildman–Crippen LogP) is 2.57. The maximum Gasteiger partial charge on any atom is 0.204 e. The van der Waals surface area contributed by atoms with E-state index in [1.54, 1.807) is 25.1 Å². The smallest absolute Gasteiger partial charge is 0.204 e. The van der Waals surface area contributed by atoms with Crippen LogP contribution in [0.4, 0.5) is 11.4 Å². The first kappa shape index (κ1) is 24.2. The van der Waals surface area contributed by atoms with Gasteiger partial charge in [0.1, 0.15) is 23.7 Å². The van der Waals surface area contributed by atoms with Crippen molar-refractivity contribution < 1.29 is 19.3 Å². The van der Waals surface area contributed by atoms with Crippen molar-refractivity contribution in [1.29, 1.82) is 0 Å². The molecule has 37 heavy (non-hydrogen) atoms. The summed E-state index contributed by atoms with van der Waals surface area (Å²) in [5, 5.41) is 18.4. The van der Waals surface area contributed by atoms with E-state index in [0.29, 0.717) is 18.0 Å². The number of aromatic amines is 1. The number of nitrogens with one attached hydrogen (secondary N) is 1. The Morgan fingerprint density at radius 3 is 2.49 bits per heavy atom. The molecule has 0 amide bonds. The first-order valence-corrected chi connectivity index (χ1v) is 11.8. The molecule has 0 spiro atoms. The standard InChI is InChI=1S/C26H28N8O3/c1-17-28-16-30-34(17)15-21(35)14-33(20-7-22(36-3)10-23(8-20)37-4)19-5-6-24-25(9-19)31-26(12-27-24)18-11-29-32(2)13-18/h5-13,16,21,35H,14-15H2,1-4H3/p+1. The van der Waals surface area contributed by atoms with Crippen LogP contribution in [0.1, 0.15) is 5.82 Å². The topological polar surface area (TPSA) is 118 Å². The van der Waals surface area contributed by atoms with E-state index in [-0.39, 0.29) is 6.54 Å². The Kier molecular flexibility index (Phi) is 6.69. The van der Waals surface area contributed by atoms with Gasteiger partial charge in [0, 0.05) is 29.6 Å². The Morgan fingerprint density at radius 2 is 1.84 bits per heavy atom. The largest absolute Gasteiger partial charge is 0.497 e. The zero-order chi connectivity index (χ0) is 25.9. The van der Waals surface area contributed by atoms with Gasteiger partial charge in [-0.15, -0.1) is 4.68 Å². The van der Waals surface area contributed by atoms with Gasteiger partial charge in [0.25, 0.3) is 0 Å². The molecule has 0 radical (unpaired) electrons. The van der Waals surface area contributed by atoms with Crippen LogP contribution in [0.3, 0.4) is 0 Å². The highest BCUT2D eigenvalue weighted by Gasteiger charge is 2.19. The van der Waals surface area contributed by atoms with E-state index in [2.05, 4.69) is 20.2 Å². The summed E-state index contributed by atoms with van der Waals surface area (Å²) in [4.78, 5) is 15.6. The number of ether oxygens (including phenoxy) is 2. The molecule has 1 unspecified atom stereocenters. The molecule has 2 aromatic carbocycles. The highest BCUT2D eigenvalue weighted by Crippen LogP contribution is 2.34. The number of anilines is 2. The third-order valence-corrected chi connectivity index (χ3v) is 6.12. The van der Waals surface area contributed by atoms with Crippen molar-refractivity contribution in [2.24, 2.45) is 7.05 Å². The number of aliphatic hydroxyl groups excluding tert-OH is 1. The second-order valence-corrected chi connectivity index (χ2v) is 8.72. The van der Waals surface area contributed by atoms with Gasteiger partial charge in [-0.25, -0.2) is 14.6 Å². The quantitative estimate of drug-likeness (QED) is 0.296. The lowest BCUT2D eigenvalue weighted by Gasteiger charge is -2.28. The minimum absolute atomic E-state index is 0.280. The van der Waals surface area contributed by atoms with Crippen LogP contribution in [-0.4, -0.2) is 61.8 Å². The van der Waals surface area contributed by atoms with Crippen molar-refractivity contribution in [3.63, 3.8) is 0 Å². The van der Waals surface area contributed by atoms with Crippen molar-refractivity contribution in [2.75, 3.05) is 25.7 Å². The molecule has 190 valence electrons. The number of nitrogens with zero attached hydrogens (tertiary/aromatic N) is 7. The van der Waals surface area contributed by atoms with Crippen LogP contribution in [0.15, 0.2) is 61.3 Å². The number of benzene rings is 2. The van der Waals surface area contributed by atoms with Gasteiger partial charge in [-0.05, 0) is 25.1 Å². The van der Waals surface area contributed by atoms with Gasteiger partial charge in [-0.3, -0.25) is 4.98 Å². The number of aliphatic hydroxyl groups is 1. The number of aryl methyl sites for hydroxylation is 2. The van der Waals surface area contributed by atoms with E-state index in [0.717, 1.165) is 39.5 Å². The van der Waals surface area contributed by atoms with Gasteiger partial charge >= 0.3 is 0 Å². The summed E-state index contributed by atoms with van der Waals surface area (Å²) in [5.41, 5.74) is 4.85. The van der Waals surface area contributed by atoms with E-state index in [1.165, 1.54) is 6.33 Å². The van der Waals surface area contributed by atoms with Crippen LogP contribution < -0.4 is 19.1 Å². The summed E-state index contributed by atoms with van der Waals surface area (Å²) in [6, 6.07) is 11.5. The maximum atomic E-state index is 11.1. The van der Waals surface area contributed by atoms with Gasteiger partial charge in [0.15, 0.2) is 7.05 Å². The number of aromatic nitrogens is 7. The highest BCUT2D eigenvalue weighted by molar-refractivity contribution is 5.82. The first-order chi connectivity index (χ1) is 17.9. The number of fused-ring (bicyclic) bond motifs is 1. The van der Waals surface area contributed by atoms with Crippen LogP contribution in [0.2, 0.25) is 0 Å². The Bertz CT molecular complexity index is 1510. The van der Waals surface area contributed by atoms with Crippen LogP contribution in [0.5, 0.6) is 11.5 Å². The molecule has 0 fully saturated rings. The Hall–Kier alpha value is -4.51. The van der Waals surface area contributed by atoms with Gasteiger partial charge < -0.3 is 19.5 Å². The van der Waals surface area contributed by atoms with Gasteiger partial charge in [-0.1, -0.05) is 0 Å². The molecule has 0 saturated heterocycles. The SMILES string of the molecule is COc1cc(OC)cc(N(CC(O)Cn2ncnc2C)c2ccc3ncc(-c4c[nH][n+](C)c4)nc3c2)c1. The number of methoxy groups -OCH3 is 2. The van der Waals surface area contributed by atoms with E-state index < -0.39 is 6.10 Å². The Balaban J connectivity index is 1.56. The van der Waals surface area contributed by atoms with Gasteiger partial charge in [0.05, 0.1) is 68.1 Å². The molecule has 0 bridgehead atoms. The van der Waals surface area contributed by atoms with Crippen molar-refractivity contribution in [3.05, 3.63) is 67.1 Å². The molecule has 2 N–H and O–H groups in total. The minimum Gasteiger partial charge on any atom is -0.497 e. The summed E-state index contributed by atoms with van der Waals surface area (Å²) < 4.78 is 14.6. The van der Waals surface area contributed by atoms with Gasteiger partial charge in [0.2, 0.25) is 6.20 Å². The normalized spacial score (nSPS) is 12.0. The third-order valence-electron chi connectivity index (χ3n) is 6.12. The van der Waals surface area contributed by atoms with Crippen LogP contribution >= 0.6 is 0 Å². The number of rotatable bonds is 9. The zero-order valence-electron chi connectivity index (χ0n) is 21.2. The average Bonchev–Trinajstić information content (AvgIpc) is 3.53. The minimum atomic E-state index is -0.745. The molecule has 3 heterocycles. The zero-order valence-corrected chi connectivity index (χ0v) is 21.2. The molecule has 5 rings (SSSR count). The molecule has 0 saturated carbocycles. The fourth-order valence-electron chi connectivity index (χ4n) is 4.18. The Labute approximate surface area is 213 Å². The molecular formula is C26H29N8O3+. The number of hydrogen-bond acceptors (Lipinski definition) is 8. The summed E-state index contributed by atoms with van der Waals surface area (Å²) >= 11 is 0. The summed E-state index contributed by atoms with van der Waals surface area (Å²) in [6.07, 6.45) is 6.34. The maximum absolute atomic E-state index is 11.1. The van der Waals surface area contributed by atoms with Crippen molar-refractivity contribution >= 4 is 22.4 Å². The molecule has 5 aromatic rings. The lowest BCUT2D eigenvalue weighted by atomic mass is 10.1. The van der Waals surface area contributed by atoms with Crippen molar-refractivity contribution in [1.82, 2.24) is 29.8 Å². The Morgan fingerprint density at radius 1 is 1.05 bits per heavy atom. The van der Waals surface area contributed by atoms with Gasteiger partial charge in [-0.2, -0.15) is 10.2 Å². The molecular weight excluding hydrogens is 472 g/mol. The molecule has 0 aliphatic carbocycles. The number of hydrogen-bond donors (Lipinski definition) is 2. The average molecular weight is 502 g/mol. The van der Waals surface area contributed by atoms with Crippen molar-refractivity contribution in [2.45, 2.75) is 19.6 Å². The summed E-state index contributed by atoms with van der Waals surface area (Å²) in [6.45, 7) is 2.43. The fraction of sp³-hybridized carbons (Fsp3) is 0.269. The summed E-state index contributed by atoms with van der Waals surface area (Å²) in [5.74, 6) is 2.02.